The molecule has 1 fully saturated rings. The minimum absolute atomic E-state index is 0.190. The standard InChI is InChI=1S/C19H31NO/c1-18(2)13-8-14-19(3,4)20(18)15-17(21)12-11-16-9-6-5-7-10-16/h5-7,9-10,17,21H,8,11-15H2,1-4H3. The maximum absolute atomic E-state index is 10.5. The maximum atomic E-state index is 10.5. The third kappa shape index (κ3) is 4.31. The molecule has 0 spiro atoms. The number of aryl methyl sites for hydroxylation is 1. The summed E-state index contributed by atoms with van der Waals surface area (Å²) in [5, 5.41) is 10.5. The van der Waals surface area contributed by atoms with Crippen LogP contribution in [0.1, 0.15) is 58.9 Å². The summed E-state index contributed by atoms with van der Waals surface area (Å²) in [6.07, 6.45) is 5.28. The van der Waals surface area contributed by atoms with Gasteiger partial charge in [0.1, 0.15) is 0 Å². The van der Waals surface area contributed by atoms with Gasteiger partial charge in [-0.05, 0) is 65.4 Å². The van der Waals surface area contributed by atoms with Crippen molar-refractivity contribution in [1.29, 1.82) is 0 Å². The van der Waals surface area contributed by atoms with Crippen molar-refractivity contribution in [1.82, 2.24) is 4.90 Å². The minimum Gasteiger partial charge on any atom is -0.392 e. The molecule has 0 aliphatic carbocycles. The van der Waals surface area contributed by atoms with Crippen LogP contribution in [0, 0.1) is 0 Å². The highest BCUT2D eigenvalue weighted by atomic mass is 16.3. The number of hydrogen-bond donors (Lipinski definition) is 1. The van der Waals surface area contributed by atoms with Gasteiger partial charge in [0, 0.05) is 17.6 Å². The smallest absolute Gasteiger partial charge is 0.0670 e. The summed E-state index contributed by atoms with van der Waals surface area (Å²) in [6.45, 7) is 10.1. The fourth-order valence-electron chi connectivity index (χ4n) is 3.82. The van der Waals surface area contributed by atoms with E-state index in [1.165, 1.54) is 24.8 Å². The van der Waals surface area contributed by atoms with Crippen molar-refractivity contribution < 1.29 is 5.11 Å². The summed E-state index contributed by atoms with van der Waals surface area (Å²) < 4.78 is 0. The van der Waals surface area contributed by atoms with Gasteiger partial charge < -0.3 is 5.11 Å². The summed E-state index contributed by atoms with van der Waals surface area (Å²) >= 11 is 0. The summed E-state index contributed by atoms with van der Waals surface area (Å²) in [5.41, 5.74) is 1.69. The number of rotatable bonds is 5. The molecular weight excluding hydrogens is 258 g/mol. The molecule has 2 heteroatoms. The molecule has 1 aliphatic rings. The molecule has 1 aromatic carbocycles. The van der Waals surface area contributed by atoms with Crippen molar-refractivity contribution in [2.24, 2.45) is 0 Å². The van der Waals surface area contributed by atoms with Crippen LogP contribution in [0.2, 0.25) is 0 Å². The summed E-state index contributed by atoms with van der Waals surface area (Å²) in [5.74, 6) is 0. The first-order valence-electron chi connectivity index (χ1n) is 8.31. The van der Waals surface area contributed by atoms with E-state index < -0.39 is 0 Å². The zero-order valence-corrected chi connectivity index (χ0v) is 14.1. The van der Waals surface area contributed by atoms with Gasteiger partial charge in [0.05, 0.1) is 6.10 Å². The Morgan fingerprint density at radius 3 is 2.19 bits per heavy atom. The maximum Gasteiger partial charge on any atom is 0.0670 e. The normalized spacial score (nSPS) is 22.9. The van der Waals surface area contributed by atoms with Gasteiger partial charge in [-0.1, -0.05) is 30.3 Å². The molecule has 0 saturated carbocycles. The van der Waals surface area contributed by atoms with Crippen molar-refractivity contribution in [2.75, 3.05) is 6.54 Å². The number of nitrogens with zero attached hydrogens (tertiary/aromatic N) is 1. The SMILES string of the molecule is CC1(C)CCCC(C)(C)N1CC(O)CCc1ccccc1. The zero-order chi connectivity index (χ0) is 15.5. The van der Waals surface area contributed by atoms with E-state index in [0.717, 1.165) is 19.4 Å². The topological polar surface area (TPSA) is 23.5 Å². The Morgan fingerprint density at radius 2 is 1.62 bits per heavy atom. The molecule has 21 heavy (non-hydrogen) atoms. The van der Waals surface area contributed by atoms with Gasteiger partial charge in [0.25, 0.3) is 0 Å². The minimum atomic E-state index is -0.248. The van der Waals surface area contributed by atoms with Crippen molar-refractivity contribution in [3.05, 3.63) is 35.9 Å². The van der Waals surface area contributed by atoms with Crippen molar-refractivity contribution in [2.45, 2.75) is 77.0 Å². The molecule has 0 bridgehead atoms. The number of aliphatic hydroxyl groups is 1. The number of β-amino-alcohol motifs (C(OH)–C–C–N with tert-alkyl or cyclic N) is 1. The fourth-order valence-corrected chi connectivity index (χ4v) is 3.82. The van der Waals surface area contributed by atoms with Gasteiger partial charge in [-0.15, -0.1) is 0 Å². The van der Waals surface area contributed by atoms with E-state index in [2.05, 4.69) is 56.9 Å². The summed E-state index contributed by atoms with van der Waals surface area (Å²) in [7, 11) is 0. The Bertz CT molecular complexity index is 422. The highest BCUT2D eigenvalue weighted by Crippen LogP contribution is 2.38. The Labute approximate surface area is 130 Å². The van der Waals surface area contributed by atoms with Crippen LogP contribution in [-0.2, 0) is 6.42 Å². The highest BCUT2D eigenvalue weighted by molar-refractivity contribution is 5.14. The van der Waals surface area contributed by atoms with Crippen LogP contribution in [0.4, 0.5) is 0 Å². The third-order valence-corrected chi connectivity index (χ3v) is 5.04. The fraction of sp³-hybridized carbons (Fsp3) is 0.684. The second-order valence-electron chi connectivity index (χ2n) is 7.77. The molecule has 1 heterocycles. The first-order chi connectivity index (χ1) is 9.81. The van der Waals surface area contributed by atoms with Crippen LogP contribution in [0.3, 0.4) is 0 Å². The molecule has 2 nitrogen and oxygen atoms in total. The van der Waals surface area contributed by atoms with Gasteiger partial charge in [-0.3, -0.25) is 4.90 Å². The molecule has 2 rings (SSSR count). The lowest BCUT2D eigenvalue weighted by atomic mass is 9.79. The first kappa shape index (κ1) is 16.5. The molecular formula is C19H31NO. The van der Waals surface area contributed by atoms with E-state index >= 15 is 0 Å². The lowest BCUT2D eigenvalue weighted by Gasteiger charge is -2.53. The van der Waals surface area contributed by atoms with E-state index in [9.17, 15) is 5.11 Å². The van der Waals surface area contributed by atoms with Gasteiger partial charge in [0.2, 0.25) is 0 Å². The molecule has 0 radical (unpaired) electrons. The number of aliphatic hydroxyl groups excluding tert-OH is 1. The van der Waals surface area contributed by atoms with Gasteiger partial charge in [-0.25, -0.2) is 0 Å². The molecule has 1 unspecified atom stereocenters. The van der Waals surface area contributed by atoms with E-state index in [0.29, 0.717) is 0 Å². The summed E-state index contributed by atoms with van der Waals surface area (Å²) in [6, 6.07) is 10.5. The van der Waals surface area contributed by atoms with Crippen molar-refractivity contribution >= 4 is 0 Å². The Balaban J connectivity index is 1.92. The quantitative estimate of drug-likeness (QED) is 0.885. The van der Waals surface area contributed by atoms with E-state index in [-0.39, 0.29) is 17.2 Å². The Morgan fingerprint density at radius 1 is 1.05 bits per heavy atom. The third-order valence-electron chi connectivity index (χ3n) is 5.04. The molecule has 1 atom stereocenters. The Kier molecular flexibility index (Phi) is 5.11. The molecule has 0 amide bonds. The highest BCUT2D eigenvalue weighted by Gasteiger charge is 2.41. The van der Waals surface area contributed by atoms with E-state index in [4.69, 9.17) is 0 Å². The molecule has 1 aliphatic heterocycles. The first-order valence-corrected chi connectivity index (χ1v) is 8.31. The second-order valence-corrected chi connectivity index (χ2v) is 7.77. The van der Waals surface area contributed by atoms with Crippen LogP contribution in [-0.4, -0.2) is 33.7 Å². The monoisotopic (exact) mass is 289 g/mol. The molecule has 1 N–H and O–H groups in total. The van der Waals surface area contributed by atoms with Crippen LogP contribution in [0.5, 0.6) is 0 Å². The molecule has 1 saturated heterocycles. The predicted octanol–water partition coefficient (Wildman–Crippen LogP) is 4.02. The van der Waals surface area contributed by atoms with Crippen LogP contribution < -0.4 is 0 Å². The number of likely N-dealkylation sites (tertiary alicyclic amines) is 1. The number of benzene rings is 1. The largest absolute Gasteiger partial charge is 0.392 e. The summed E-state index contributed by atoms with van der Waals surface area (Å²) in [4.78, 5) is 2.53. The zero-order valence-electron chi connectivity index (χ0n) is 14.1. The second kappa shape index (κ2) is 6.50. The number of piperidine rings is 1. The van der Waals surface area contributed by atoms with Gasteiger partial charge in [-0.2, -0.15) is 0 Å². The number of hydrogen-bond acceptors (Lipinski definition) is 2. The van der Waals surface area contributed by atoms with E-state index in [1.54, 1.807) is 0 Å². The molecule has 118 valence electrons. The van der Waals surface area contributed by atoms with Crippen molar-refractivity contribution in [3.63, 3.8) is 0 Å². The van der Waals surface area contributed by atoms with Crippen LogP contribution in [0.25, 0.3) is 0 Å². The lowest BCUT2D eigenvalue weighted by Crippen LogP contribution is -2.60. The van der Waals surface area contributed by atoms with Crippen LogP contribution >= 0.6 is 0 Å². The lowest BCUT2D eigenvalue weighted by molar-refractivity contribution is -0.0551. The van der Waals surface area contributed by atoms with Crippen molar-refractivity contribution in [3.8, 4) is 0 Å². The van der Waals surface area contributed by atoms with Gasteiger partial charge >= 0.3 is 0 Å². The van der Waals surface area contributed by atoms with E-state index in [1.807, 2.05) is 6.07 Å². The molecule has 0 aromatic heterocycles. The van der Waals surface area contributed by atoms with Crippen LogP contribution in [0.15, 0.2) is 30.3 Å². The Hall–Kier alpha value is -0.860. The average Bonchev–Trinajstić information content (AvgIpc) is 2.41. The average molecular weight is 289 g/mol. The molecule has 1 aromatic rings. The van der Waals surface area contributed by atoms with Gasteiger partial charge in [0.15, 0.2) is 0 Å². The predicted molar refractivity (Wildman–Crippen MR) is 89.5 cm³/mol.